The summed E-state index contributed by atoms with van der Waals surface area (Å²) >= 11 is 0. The Bertz CT molecular complexity index is 377. The molecule has 1 saturated heterocycles. The number of piperazine rings is 1. The smallest absolute Gasteiger partial charge is 0.0338 e. The molecule has 0 aromatic rings. The van der Waals surface area contributed by atoms with Crippen LogP contribution in [0.5, 0.6) is 0 Å². The molecule has 0 spiro atoms. The molecule has 2 heteroatoms. The van der Waals surface area contributed by atoms with Crippen LogP contribution in [0, 0.1) is 11.8 Å². The first kappa shape index (κ1) is 13.6. The highest BCUT2D eigenvalue weighted by atomic mass is 15.3. The van der Waals surface area contributed by atoms with Gasteiger partial charge in [-0.1, -0.05) is 11.6 Å². The average Bonchev–Trinajstić information content (AvgIpc) is 3.17. The molecule has 2 unspecified atom stereocenters. The van der Waals surface area contributed by atoms with Crippen LogP contribution in [-0.2, 0) is 0 Å². The zero-order valence-corrected chi connectivity index (χ0v) is 13.1. The lowest BCUT2D eigenvalue weighted by Gasteiger charge is -2.53. The molecule has 3 aliphatic rings. The van der Waals surface area contributed by atoms with Gasteiger partial charge in [-0.2, -0.15) is 0 Å². The van der Waals surface area contributed by atoms with Crippen molar-refractivity contribution < 1.29 is 0 Å². The van der Waals surface area contributed by atoms with Gasteiger partial charge in [-0.3, -0.25) is 4.90 Å². The SMILES string of the molecule is CC(C)=CCN1CC(C)(C2CC2)NCC1(C)C1CC1. The fraction of sp³-hybridized carbons (Fsp3) is 0.882. The first-order chi connectivity index (χ1) is 8.94. The maximum absolute atomic E-state index is 3.92. The van der Waals surface area contributed by atoms with Crippen LogP contribution in [0.15, 0.2) is 11.6 Å². The van der Waals surface area contributed by atoms with Crippen LogP contribution in [0.4, 0.5) is 0 Å². The van der Waals surface area contributed by atoms with Gasteiger partial charge in [0.15, 0.2) is 0 Å². The van der Waals surface area contributed by atoms with Crippen LogP contribution in [0.1, 0.15) is 53.4 Å². The van der Waals surface area contributed by atoms with Crippen molar-refractivity contribution in [2.24, 2.45) is 11.8 Å². The van der Waals surface area contributed by atoms with Crippen molar-refractivity contribution in [2.75, 3.05) is 19.6 Å². The van der Waals surface area contributed by atoms with Crippen molar-refractivity contribution in [2.45, 2.75) is 64.5 Å². The number of hydrogen-bond acceptors (Lipinski definition) is 2. The third-order valence-corrected chi connectivity index (χ3v) is 5.75. The molecule has 2 saturated carbocycles. The number of hydrogen-bond donors (Lipinski definition) is 1. The maximum atomic E-state index is 3.92. The molecule has 0 aromatic carbocycles. The van der Waals surface area contributed by atoms with Gasteiger partial charge in [0.05, 0.1) is 0 Å². The zero-order chi connectivity index (χ0) is 13.7. The van der Waals surface area contributed by atoms with Crippen LogP contribution in [0.3, 0.4) is 0 Å². The van der Waals surface area contributed by atoms with Crippen LogP contribution >= 0.6 is 0 Å². The Morgan fingerprint density at radius 1 is 1.16 bits per heavy atom. The molecule has 0 aromatic heterocycles. The molecule has 19 heavy (non-hydrogen) atoms. The van der Waals surface area contributed by atoms with E-state index in [1.807, 2.05) is 0 Å². The minimum absolute atomic E-state index is 0.365. The van der Waals surface area contributed by atoms with Gasteiger partial charge < -0.3 is 5.32 Å². The fourth-order valence-corrected chi connectivity index (χ4v) is 3.79. The van der Waals surface area contributed by atoms with Gasteiger partial charge in [0, 0.05) is 30.7 Å². The van der Waals surface area contributed by atoms with E-state index in [4.69, 9.17) is 0 Å². The second-order valence-corrected chi connectivity index (χ2v) is 7.84. The van der Waals surface area contributed by atoms with Crippen LogP contribution in [0.25, 0.3) is 0 Å². The Kier molecular flexibility index (Phi) is 3.30. The summed E-state index contributed by atoms with van der Waals surface area (Å²) in [4.78, 5) is 2.78. The third kappa shape index (κ3) is 2.62. The lowest BCUT2D eigenvalue weighted by Crippen LogP contribution is -2.69. The molecule has 2 nitrogen and oxygen atoms in total. The number of nitrogens with zero attached hydrogens (tertiary/aromatic N) is 1. The summed E-state index contributed by atoms with van der Waals surface area (Å²) in [5.41, 5.74) is 2.20. The lowest BCUT2D eigenvalue weighted by molar-refractivity contribution is 0.00814. The molecule has 3 rings (SSSR count). The topological polar surface area (TPSA) is 15.3 Å². The molecular weight excluding hydrogens is 232 g/mol. The van der Waals surface area contributed by atoms with Crippen LogP contribution in [0.2, 0.25) is 0 Å². The predicted octanol–water partition coefficient (Wildman–Crippen LogP) is 3.20. The molecule has 0 bridgehead atoms. The first-order valence-electron chi connectivity index (χ1n) is 8.07. The van der Waals surface area contributed by atoms with E-state index in [9.17, 15) is 0 Å². The van der Waals surface area contributed by atoms with Gasteiger partial charge in [-0.25, -0.2) is 0 Å². The van der Waals surface area contributed by atoms with E-state index in [1.165, 1.54) is 44.3 Å². The maximum Gasteiger partial charge on any atom is 0.0338 e. The monoisotopic (exact) mass is 262 g/mol. The standard InChI is InChI=1S/C17H30N2/c1-13(2)9-10-19-12-16(3,14-5-6-14)18-11-17(19,4)15-7-8-15/h9,14-15,18H,5-8,10-12H2,1-4H3. The summed E-state index contributed by atoms with van der Waals surface area (Å²) in [7, 11) is 0. The van der Waals surface area contributed by atoms with Crippen molar-refractivity contribution in [3.8, 4) is 0 Å². The van der Waals surface area contributed by atoms with Gasteiger partial charge in [-0.15, -0.1) is 0 Å². The van der Waals surface area contributed by atoms with E-state index < -0.39 is 0 Å². The second kappa shape index (κ2) is 4.60. The number of rotatable bonds is 4. The minimum atomic E-state index is 0.365. The van der Waals surface area contributed by atoms with Gasteiger partial charge >= 0.3 is 0 Å². The number of nitrogens with one attached hydrogen (secondary N) is 1. The normalized spacial score (nSPS) is 40.2. The van der Waals surface area contributed by atoms with Crippen molar-refractivity contribution in [3.05, 3.63) is 11.6 Å². The van der Waals surface area contributed by atoms with E-state index >= 15 is 0 Å². The minimum Gasteiger partial charge on any atom is -0.308 e. The van der Waals surface area contributed by atoms with Gasteiger partial charge in [0.1, 0.15) is 0 Å². The summed E-state index contributed by atoms with van der Waals surface area (Å²) in [6.45, 7) is 12.9. The second-order valence-electron chi connectivity index (χ2n) is 7.84. The van der Waals surface area contributed by atoms with E-state index in [0.717, 1.165) is 18.4 Å². The Morgan fingerprint density at radius 3 is 2.32 bits per heavy atom. The molecule has 2 aliphatic carbocycles. The average molecular weight is 262 g/mol. The summed E-state index contributed by atoms with van der Waals surface area (Å²) in [5.74, 6) is 1.85. The highest BCUT2D eigenvalue weighted by Gasteiger charge is 2.53. The van der Waals surface area contributed by atoms with Crippen LogP contribution < -0.4 is 5.32 Å². The Morgan fingerprint density at radius 2 is 1.79 bits per heavy atom. The van der Waals surface area contributed by atoms with Gasteiger partial charge in [-0.05, 0) is 65.2 Å². The molecule has 0 amide bonds. The van der Waals surface area contributed by atoms with E-state index in [1.54, 1.807) is 0 Å². The van der Waals surface area contributed by atoms with Crippen molar-refractivity contribution in [1.29, 1.82) is 0 Å². The molecule has 1 aliphatic heterocycles. The molecule has 1 N–H and O–H groups in total. The Hall–Kier alpha value is -0.340. The summed E-state index contributed by atoms with van der Waals surface area (Å²) in [6, 6.07) is 0. The fourth-order valence-electron chi connectivity index (χ4n) is 3.79. The van der Waals surface area contributed by atoms with E-state index in [-0.39, 0.29) is 0 Å². The lowest BCUT2D eigenvalue weighted by atomic mass is 9.83. The molecule has 2 atom stereocenters. The highest BCUT2D eigenvalue weighted by molar-refractivity contribution is 5.13. The summed E-state index contributed by atoms with van der Waals surface area (Å²) in [5, 5.41) is 3.92. The molecular formula is C17H30N2. The quantitative estimate of drug-likeness (QED) is 0.783. The predicted molar refractivity (Wildman–Crippen MR) is 81.3 cm³/mol. The summed E-state index contributed by atoms with van der Waals surface area (Å²) < 4.78 is 0. The largest absolute Gasteiger partial charge is 0.308 e. The van der Waals surface area contributed by atoms with E-state index in [2.05, 4.69) is 44.0 Å². The zero-order valence-electron chi connectivity index (χ0n) is 13.1. The molecule has 108 valence electrons. The van der Waals surface area contributed by atoms with Gasteiger partial charge in [0.2, 0.25) is 0 Å². The van der Waals surface area contributed by atoms with Crippen molar-refractivity contribution >= 4 is 0 Å². The molecule has 1 heterocycles. The molecule has 3 fully saturated rings. The van der Waals surface area contributed by atoms with Gasteiger partial charge in [0.25, 0.3) is 0 Å². The Labute approximate surface area is 118 Å². The third-order valence-electron chi connectivity index (χ3n) is 5.75. The highest BCUT2D eigenvalue weighted by Crippen LogP contribution is 2.48. The van der Waals surface area contributed by atoms with Crippen molar-refractivity contribution in [3.63, 3.8) is 0 Å². The Balaban J connectivity index is 1.76. The van der Waals surface area contributed by atoms with E-state index in [0.29, 0.717) is 11.1 Å². The van der Waals surface area contributed by atoms with Crippen LogP contribution in [-0.4, -0.2) is 35.6 Å². The first-order valence-corrected chi connectivity index (χ1v) is 8.07. The molecule has 0 radical (unpaired) electrons. The van der Waals surface area contributed by atoms with Crippen molar-refractivity contribution in [1.82, 2.24) is 10.2 Å². The summed E-state index contributed by atoms with van der Waals surface area (Å²) in [6.07, 6.45) is 8.15. The number of allylic oxidation sites excluding steroid dienone is 1.